The highest BCUT2D eigenvalue weighted by Crippen LogP contribution is 2.24. The third kappa shape index (κ3) is 4.93. The summed E-state index contributed by atoms with van der Waals surface area (Å²) in [6.07, 6.45) is 0.664. The number of benzene rings is 1. The Bertz CT molecular complexity index is 522. The molecule has 1 aliphatic rings. The lowest BCUT2D eigenvalue weighted by Crippen LogP contribution is -2.51. The number of amides is 1. The lowest BCUT2D eigenvalue weighted by Gasteiger charge is -2.38. The van der Waals surface area contributed by atoms with Gasteiger partial charge in [0.2, 0.25) is 0 Å². The molecule has 1 aromatic rings. The Morgan fingerprint density at radius 1 is 1.32 bits per heavy atom. The molecule has 1 aromatic carbocycles. The fraction of sp³-hybridized carbons (Fsp3) is 0.611. The summed E-state index contributed by atoms with van der Waals surface area (Å²) in [6, 6.07) is 8.64. The molecule has 0 bridgehead atoms. The summed E-state index contributed by atoms with van der Waals surface area (Å²) in [4.78, 5) is 14.3. The molecule has 2 atom stereocenters. The van der Waals surface area contributed by atoms with Gasteiger partial charge in [0.1, 0.15) is 5.60 Å². The van der Waals surface area contributed by atoms with E-state index in [2.05, 4.69) is 48.3 Å². The lowest BCUT2D eigenvalue weighted by molar-refractivity contribution is 0.0495. The molecule has 1 saturated heterocycles. The fourth-order valence-electron chi connectivity index (χ4n) is 2.97. The molecule has 1 heterocycles. The number of hydrogen-bond acceptors (Lipinski definition) is 3. The maximum Gasteiger partial charge on any atom is 0.407 e. The Balaban J connectivity index is 2.00. The second kappa shape index (κ2) is 6.59. The smallest absolute Gasteiger partial charge is 0.407 e. The van der Waals surface area contributed by atoms with E-state index in [1.807, 2.05) is 20.8 Å². The summed E-state index contributed by atoms with van der Waals surface area (Å²) in [7, 11) is 0. The van der Waals surface area contributed by atoms with Gasteiger partial charge in [-0.25, -0.2) is 4.79 Å². The van der Waals surface area contributed by atoms with Gasteiger partial charge >= 0.3 is 6.09 Å². The van der Waals surface area contributed by atoms with Crippen LogP contribution in [0.15, 0.2) is 24.3 Å². The van der Waals surface area contributed by atoms with Gasteiger partial charge in [-0.2, -0.15) is 0 Å². The van der Waals surface area contributed by atoms with E-state index in [9.17, 15) is 4.79 Å². The number of piperidine rings is 1. The van der Waals surface area contributed by atoms with Crippen LogP contribution in [0, 0.1) is 12.8 Å². The molecule has 2 rings (SSSR count). The molecule has 1 fully saturated rings. The maximum absolute atomic E-state index is 12.0. The molecule has 1 aliphatic heterocycles. The van der Waals surface area contributed by atoms with Crippen molar-refractivity contribution in [2.24, 2.45) is 5.92 Å². The van der Waals surface area contributed by atoms with Gasteiger partial charge in [0.05, 0.1) is 0 Å². The van der Waals surface area contributed by atoms with Crippen molar-refractivity contribution in [1.29, 1.82) is 0 Å². The van der Waals surface area contributed by atoms with Crippen molar-refractivity contribution in [2.45, 2.75) is 52.7 Å². The van der Waals surface area contributed by atoms with Crippen LogP contribution < -0.4 is 10.2 Å². The van der Waals surface area contributed by atoms with Gasteiger partial charge < -0.3 is 15.0 Å². The third-order valence-electron chi connectivity index (χ3n) is 3.75. The van der Waals surface area contributed by atoms with E-state index in [-0.39, 0.29) is 12.1 Å². The molecule has 0 aromatic heterocycles. The van der Waals surface area contributed by atoms with Crippen molar-refractivity contribution in [1.82, 2.24) is 5.32 Å². The van der Waals surface area contributed by atoms with Crippen LogP contribution in [0.5, 0.6) is 0 Å². The molecule has 122 valence electrons. The van der Waals surface area contributed by atoms with Crippen molar-refractivity contribution in [3.63, 3.8) is 0 Å². The van der Waals surface area contributed by atoms with E-state index in [1.54, 1.807) is 0 Å². The Hall–Kier alpha value is -1.71. The van der Waals surface area contributed by atoms with E-state index in [1.165, 1.54) is 11.3 Å². The fourth-order valence-corrected chi connectivity index (χ4v) is 2.97. The summed E-state index contributed by atoms with van der Waals surface area (Å²) < 4.78 is 5.37. The number of nitrogens with zero attached hydrogens (tertiary/aromatic N) is 1. The molecule has 0 saturated carbocycles. The average molecular weight is 304 g/mol. The average Bonchev–Trinajstić information content (AvgIpc) is 2.35. The Labute approximate surface area is 133 Å². The highest BCUT2D eigenvalue weighted by atomic mass is 16.6. The van der Waals surface area contributed by atoms with Gasteiger partial charge in [-0.3, -0.25) is 0 Å². The molecule has 4 nitrogen and oxygen atoms in total. The number of carbonyl (C=O) groups excluding carboxylic acids is 1. The van der Waals surface area contributed by atoms with Crippen LogP contribution in [0.25, 0.3) is 0 Å². The molecule has 1 N–H and O–H groups in total. The normalized spacial score (nSPS) is 22.3. The van der Waals surface area contributed by atoms with E-state index in [0.29, 0.717) is 5.92 Å². The van der Waals surface area contributed by atoms with Crippen LogP contribution >= 0.6 is 0 Å². The topological polar surface area (TPSA) is 41.6 Å². The van der Waals surface area contributed by atoms with Crippen molar-refractivity contribution in [3.05, 3.63) is 29.8 Å². The van der Waals surface area contributed by atoms with Gasteiger partial charge in [0.25, 0.3) is 0 Å². The summed E-state index contributed by atoms with van der Waals surface area (Å²) in [5.74, 6) is 0.536. The van der Waals surface area contributed by atoms with Crippen LogP contribution in [-0.4, -0.2) is 30.8 Å². The van der Waals surface area contributed by atoms with Gasteiger partial charge in [-0.15, -0.1) is 0 Å². The predicted molar refractivity (Wildman–Crippen MR) is 90.3 cm³/mol. The van der Waals surface area contributed by atoms with Crippen LogP contribution in [0.3, 0.4) is 0 Å². The Morgan fingerprint density at radius 2 is 2.05 bits per heavy atom. The van der Waals surface area contributed by atoms with Crippen molar-refractivity contribution < 1.29 is 9.53 Å². The number of hydrogen-bond donors (Lipinski definition) is 1. The second-order valence-electron chi connectivity index (χ2n) is 7.43. The number of aryl methyl sites for hydroxylation is 1. The number of rotatable bonds is 2. The summed E-state index contributed by atoms with van der Waals surface area (Å²) in [5, 5.41) is 3.02. The largest absolute Gasteiger partial charge is 0.444 e. The molecule has 4 heteroatoms. The van der Waals surface area contributed by atoms with Crippen LogP contribution in [0.1, 0.15) is 39.7 Å². The first kappa shape index (κ1) is 16.7. The van der Waals surface area contributed by atoms with Crippen molar-refractivity contribution in [2.75, 3.05) is 18.0 Å². The van der Waals surface area contributed by atoms with E-state index in [0.717, 1.165) is 19.5 Å². The number of ether oxygens (including phenoxy) is 1. The Kier molecular flexibility index (Phi) is 4.99. The van der Waals surface area contributed by atoms with E-state index in [4.69, 9.17) is 4.74 Å². The number of anilines is 1. The van der Waals surface area contributed by atoms with E-state index >= 15 is 0 Å². The molecule has 2 unspecified atom stereocenters. The van der Waals surface area contributed by atoms with Crippen molar-refractivity contribution in [3.8, 4) is 0 Å². The summed E-state index contributed by atoms with van der Waals surface area (Å²) in [5.41, 5.74) is 2.02. The van der Waals surface area contributed by atoms with E-state index < -0.39 is 5.60 Å². The summed E-state index contributed by atoms with van der Waals surface area (Å²) in [6.45, 7) is 11.8. The molecular formula is C18H28N2O2. The lowest BCUT2D eigenvalue weighted by atomic mass is 9.95. The molecule has 0 aliphatic carbocycles. The minimum atomic E-state index is -0.458. The maximum atomic E-state index is 12.0. The molecule has 22 heavy (non-hydrogen) atoms. The standard InChI is InChI=1S/C18H28N2O2/c1-13-7-6-8-16(10-13)20-11-14(2)9-15(12-20)19-17(21)22-18(3,4)5/h6-8,10,14-15H,9,11-12H2,1-5H3,(H,19,21). The summed E-state index contributed by atoms with van der Waals surface area (Å²) >= 11 is 0. The number of carbonyl (C=O) groups is 1. The van der Waals surface area contributed by atoms with Crippen LogP contribution in [0.2, 0.25) is 0 Å². The molecule has 0 radical (unpaired) electrons. The number of alkyl carbamates (subject to hydrolysis) is 1. The SMILES string of the molecule is Cc1cccc(N2CC(C)CC(NC(=O)OC(C)(C)C)C2)c1. The monoisotopic (exact) mass is 304 g/mol. The second-order valence-corrected chi connectivity index (χ2v) is 7.43. The zero-order valence-electron chi connectivity index (χ0n) is 14.3. The van der Waals surface area contributed by atoms with Gasteiger partial charge in [0.15, 0.2) is 0 Å². The van der Waals surface area contributed by atoms with Crippen LogP contribution in [-0.2, 0) is 4.74 Å². The first-order chi connectivity index (χ1) is 10.2. The highest BCUT2D eigenvalue weighted by Gasteiger charge is 2.27. The third-order valence-corrected chi connectivity index (χ3v) is 3.75. The minimum Gasteiger partial charge on any atom is -0.444 e. The highest BCUT2D eigenvalue weighted by molar-refractivity contribution is 5.68. The molecule has 0 spiro atoms. The van der Waals surface area contributed by atoms with Gasteiger partial charge in [-0.1, -0.05) is 19.1 Å². The van der Waals surface area contributed by atoms with Crippen molar-refractivity contribution >= 4 is 11.8 Å². The van der Waals surface area contributed by atoms with Gasteiger partial charge in [-0.05, 0) is 57.7 Å². The van der Waals surface area contributed by atoms with Gasteiger partial charge in [0, 0.05) is 24.8 Å². The molecular weight excluding hydrogens is 276 g/mol. The zero-order valence-corrected chi connectivity index (χ0v) is 14.3. The quantitative estimate of drug-likeness (QED) is 0.905. The zero-order chi connectivity index (χ0) is 16.3. The Morgan fingerprint density at radius 3 is 2.68 bits per heavy atom. The number of nitrogens with one attached hydrogen (secondary N) is 1. The minimum absolute atomic E-state index is 0.124. The predicted octanol–water partition coefficient (Wildman–Crippen LogP) is 3.73. The van der Waals surface area contributed by atoms with Crippen LogP contribution in [0.4, 0.5) is 10.5 Å². The molecule has 1 amide bonds. The first-order valence-corrected chi connectivity index (χ1v) is 8.04. The first-order valence-electron chi connectivity index (χ1n) is 8.04.